The minimum absolute atomic E-state index is 0.226. The summed E-state index contributed by atoms with van der Waals surface area (Å²) in [5.41, 5.74) is 6.65. The zero-order valence-corrected chi connectivity index (χ0v) is 11.3. The highest BCUT2D eigenvalue weighted by molar-refractivity contribution is 6.33. The highest BCUT2D eigenvalue weighted by atomic mass is 35.5. The van der Waals surface area contributed by atoms with E-state index in [1.807, 2.05) is 0 Å². The number of carbonyl (C=O) groups is 1. The number of amides is 2. The molecule has 4 nitrogen and oxygen atoms in total. The standard InChI is InChI=1S/C14H16ClN3O/c15-12-7-6-10(3-2-8-16)9-13(12)18-14(19)17-11-4-1-5-11/h6-7,9,11H,1,4-5,8,16H2,(H2,17,18,19). The number of nitrogens with two attached hydrogens (primary N) is 1. The molecule has 2 rings (SSSR count). The van der Waals surface area contributed by atoms with E-state index in [1.54, 1.807) is 18.2 Å². The first-order valence-electron chi connectivity index (χ1n) is 6.25. The third-order valence-corrected chi connectivity index (χ3v) is 3.32. The Bertz CT molecular complexity index is 529. The molecule has 0 saturated heterocycles. The zero-order chi connectivity index (χ0) is 13.7. The number of hydrogen-bond acceptors (Lipinski definition) is 2. The van der Waals surface area contributed by atoms with Gasteiger partial charge in [0.25, 0.3) is 0 Å². The van der Waals surface area contributed by atoms with Crippen molar-refractivity contribution in [1.29, 1.82) is 0 Å². The molecule has 1 fully saturated rings. The van der Waals surface area contributed by atoms with Gasteiger partial charge in [-0.3, -0.25) is 0 Å². The van der Waals surface area contributed by atoms with Crippen LogP contribution < -0.4 is 16.4 Å². The van der Waals surface area contributed by atoms with Gasteiger partial charge in [0.05, 0.1) is 17.3 Å². The Hall–Kier alpha value is -1.70. The van der Waals surface area contributed by atoms with Gasteiger partial charge in [0.2, 0.25) is 0 Å². The highest BCUT2D eigenvalue weighted by Crippen LogP contribution is 2.23. The van der Waals surface area contributed by atoms with E-state index in [0.29, 0.717) is 23.3 Å². The molecule has 1 aromatic rings. The van der Waals surface area contributed by atoms with Crippen molar-refractivity contribution in [3.05, 3.63) is 28.8 Å². The van der Waals surface area contributed by atoms with E-state index in [9.17, 15) is 4.79 Å². The van der Waals surface area contributed by atoms with E-state index in [4.69, 9.17) is 17.3 Å². The van der Waals surface area contributed by atoms with E-state index in [2.05, 4.69) is 22.5 Å². The number of anilines is 1. The molecule has 2 amide bonds. The van der Waals surface area contributed by atoms with Gasteiger partial charge < -0.3 is 16.4 Å². The molecule has 19 heavy (non-hydrogen) atoms. The van der Waals surface area contributed by atoms with E-state index in [1.165, 1.54) is 6.42 Å². The molecule has 5 heteroatoms. The van der Waals surface area contributed by atoms with Crippen molar-refractivity contribution in [1.82, 2.24) is 5.32 Å². The summed E-state index contributed by atoms with van der Waals surface area (Å²) in [6.07, 6.45) is 3.27. The molecule has 0 aliphatic heterocycles. The van der Waals surface area contributed by atoms with Crippen molar-refractivity contribution in [2.75, 3.05) is 11.9 Å². The summed E-state index contributed by atoms with van der Waals surface area (Å²) < 4.78 is 0. The summed E-state index contributed by atoms with van der Waals surface area (Å²) in [6.45, 7) is 0.299. The minimum atomic E-state index is -0.226. The SMILES string of the molecule is NCC#Cc1ccc(Cl)c(NC(=O)NC2CCC2)c1. The van der Waals surface area contributed by atoms with Gasteiger partial charge in [0.1, 0.15) is 0 Å². The first-order valence-corrected chi connectivity index (χ1v) is 6.63. The fourth-order valence-corrected chi connectivity index (χ4v) is 1.91. The van der Waals surface area contributed by atoms with Gasteiger partial charge in [-0.05, 0) is 37.5 Å². The number of benzene rings is 1. The Kier molecular flexibility index (Phi) is 4.67. The number of halogens is 1. The largest absolute Gasteiger partial charge is 0.335 e. The molecule has 0 bridgehead atoms. The maximum atomic E-state index is 11.8. The monoisotopic (exact) mass is 277 g/mol. The second-order valence-corrected chi connectivity index (χ2v) is 4.83. The summed E-state index contributed by atoms with van der Waals surface area (Å²) in [5.74, 6) is 5.66. The molecule has 0 unspecified atom stereocenters. The molecule has 4 N–H and O–H groups in total. The first kappa shape index (κ1) is 13.7. The zero-order valence-electron chi connectivity index (χ0n) is 10.5. The summed E-state index contributed by atoms with van der Waals surface area (Å²) in [4.78, 5) is 11.8. The molecule has 1 aromatic carbocycles. The first-order chi connectivity index (χ1) is 9.19. The molecule has 0 atom stereocenters. The average molecular weight is 278 g/mol. The topological polar surface area (TPSA) is 67.1 Å². The Morgan fingerprint density at radius 2 is 2.26 bits per heavy atom. The Labute approximate surface area is 117 Å². The van der Waals surface area contributed by atoms with Crippen molar-refractivity contribution in [3.8, 4) is 11.8 Å². The van der Waals surface area contributed by atoms with Crippen LogP contribution in [0.1, 0.15) is 24.8 Å². The van der Waals surface area contributed by atoms with Gasteiger partial charge in [0, 0.05) is 11.6 Å². The highest BCUT2D eigenvalue weighted by Gasteiger charge is 2.19. The Balaban J connectivity index is 2.03. The van der Waals surface area contributed by atoms with Crippen LogP contribution in [-0.2, 0) is 0 Å². The van der Waals surface area contributed by atoms with Crippen LogP contribution in [-0.4, -0.2) is 18.6 Å². The van der Waals surface area contributed by atoms with Crippen molar-refractivity contribution in [2.45, 2.75) is 25.3 Å². The third kappa shape index (κ3) is 3.88. The van der Waals surface area contributed by atoms with Gasteiger partial charge in [-0.25, -0.2) is 4.79 Å². The summed E-state index contributed by atoms with van der Waals surface area (Å²) in [6, 6.07) is 5.31. The lowest BCUT2D eigenvalue weighted by molar-refractivity contribution is 0.240. The predicted octanol–water partition coefficient (Wildman–Crippen LogP) is 2.32. The summed E-state index contributed by atoms with van der Waals surface area (Å²) >= 11 is 6.04. The number of hydrogen-bond donors (Lipinski definition) is 3. The van der Waals surface area contributed by atoms with Crippen molar-refractivity contribution < 1.29 is 4.79 Å². The van der Waals surface area contributed by atoms with Crippen LogP contribution >= 0.6 is 11.6 Å². The number of urea groups is 1. The fraction of sp³-hybridized carbons (Fsp3) is 0.357. The van der Waals surface area contributed by atoms with Crippen molar-refractivity contribution in [2.24, 2.45) is 5.73 Å². The van der Waals surface area contributed by atoms with Gasteiger partial charge in [-0.15, -0.1) is 0 Å². The van der Waals surface area contributed by atoms with Crippen LogP contribution in [0, 0.1) is 11.8 Å². The molecule has 0 aromatic heterocycles. The van der Waals surface area contributed by atoms with Crippen LogP contribution in [0.3, 0.4) is 0 Å². The number of carbonyl (C=O) groups excluding carboxylic acids is 1. The lowest BCUT2D eigenvalue weighted by Crippen LogP contribution is -2.41. The van der Waals surface area contributed by atoms with Gasteiger partial charge >= 0.3 is 6.03 Å². The van der Waals surface area contributed by atoms with Crippen LogP contribution in [0.2, 0.25) is 5.02 Å². The van der Waals surface area contributed by atoms with Crippen LogP contribution in [0.4, 0.5) is 10.5 Å². The van der Waals surface area contributed by atoms with E-state index < -0.39 is 0 Å². The minimum Gasteiger partial charge on any atom is -0.335 e. The van der Waals surface area contributed by atoms with Crippen molar-refractivity contribution in [3.63, 3.8) is 0 Å². The summed E-state index contributed by atoms with van der Waals surface area (Å²) in [5, 5.41) is 6.12. The van der Waals surface area contributed by atoms with Gasteiger partial charge in [-0.2, -0.15) is 0 Å². The smallest absolute Gasteiger partial charge is 0.319 e. The normalized spacial score (nSPS) is 14.0. The van der Waals surface area contributed by atoms with Crippen LogP contribution in [0.15, 0.2) is 18.2 Å². The second-order valence-electron chi connectivity index (χ2n) is 4.43. The lowest BCUT2D eigenvalue weighted by Gasteiger charge is -2.26. The molecule has 0 spiro atoms. The third-order valence-electron chi connectivity index (χ3n) is 2.99. The molecule has 1 aliphatic carbocycles. The van der Waals surface area contributed by atoms with Gasteiger partial charge in [0.15, 0.2) is 0 Å². The molecule has 1 saturated carbocycles. The molecule has 100 valence electrons. The fourth-order valence-electron chi connectivity index (χ4n) is 1.75. The molecule has 0 heterocycles. The van der Waals surface area contributed by atoms with E-state index in [0.717, 1.165) is 18.4 Å². The maximum absolute atomic E-state index is 11.8. The van der Waals surface area contributed by atoms with E-state index >= 15 is 0 Å². The quantitative estimate of drug-likeness (QED) is 0.726. The second kappa shape index (κ2) is 6.46. The molecular formula is C14H16ClN3O. The molecule has 0 radical (unpaired) electrons. The Morgan fingerprint density at radius 1 is 1.47 bits per heavy atom. The van der Waals surface area contributed by atoms with Gasteiger partial charge in [-0.1, -0.05) is 23.4 Å². The lowest BCUT2D eigenvalue weighted by atomic mass is 9.93. The predicted molar refractivity (Wildman–Crippen MR) is 77.2 cm³/mol. The van der Waals surface area contributed by atoms with Crippen LogP contribution in [0.5, 0.6) is 0 Å². The van der Waals surface area contributed by atoms with Crippen LogP contribution in [0.25, 0.3) is 0 Å². The molecular weight excluding hydrogens is 262 g/mol. The summed E-state index contributed by atoms with van der Waals surface area (Å²) in [7, 11) is 0. The maximum Gasteiger partial charge on any atom is 0.319 e. The van der Waals surface area contributed by atoms with Crippen molar-refractivity contribution >= 4 is 23.3 Å². The number of nitrogens with one attached hydrogen (secondary N) is 2. The average Bonchev–Trinajstić information content (AvgIpc) is 2.35. The number of rotatable bonds is 2. The Morgan fingerprint density at radius 3 is 2.89 bits per heavy atom. The van der Waals surface area contributed by atoms with E-state index in [-0.39, 0.29) is 6.03 Å². The molecule has 1 aliphatic rings.